The molecule has 0 aliphatic rings. The Labute approximate surface area is 184 Å². The summed E-state index contributed by atoms with van der Waals surface area (Å²) in [6, 6.07) is 15.0. The molecule has 0 aromatic heterocycles. The first-order valence-electron chi connectivity index (χ1n) is 10.5. The Hall–Kier alpha value is -3.41. The molecular formula is C25H32N4O2. The number of nitrogens with one attached hydrogen (secondary N) is 2. The van der Waals surface area contributed by atoms with Gasteiger partial charge < -0.3 is 15.7 Å². The largest absolute Gasteiger partial charge is 0.508 e. The summed E-state index contributed by atoms with van der Waals surface area (Å²) in [6.07, 6.45) is 3.25. The van der Waals surface area contributed by atoms with Crippen LogP contribution in [0.1, 0.15) is 38.3 Å². The summed E-state index contributed by atoms with van der Waals surface area (Å²) in [5, 5.41) is 16.3. The minimum absolute atomic E-state index is 0.117. The molecule has 2 aromatic rings. The zero-order valence-electron chi connectivity index (χ0n) is 18.8. The van der Waals surface area contributed by atoms with Gasteiger partial charge in [-0.25, -0.2) is 4.99 Å². The van der Waals surface area contributed by atoms with Crippen LogP contribution in [0.5, 0.6) is 5.75 Å². The van der Waals surface area contributed by atoms with Crippen molar-refractivity contribution >= 4 is 23.0 Å². The number of allylic oxidation sites excluding steroid dienone is 1. The van der Waals surface area contributed by atoms with Crippen LogP contribution in [0.2, 0.25) is 0 Å². The lowest BCUT2D eigenvalue weighted by atomic mass is 10.1. The Morgan fingerprint density at radius 2 is 1.77 bits per heavy atom. The number of phenols is 1. The predicted molar refractivity (Wildman–Crippen MR) is 129 cm³/mol. The Balaban J connectivity index is 2.06. The maximum Gasteiger partial charge on any atom is 0.154 e. The van der Waals surface area contributed by atoms with E-state index in [4.69, 9.17) is 0 Å². The number of benzene rings is 2. The zero-order chi connectivity index (χ0) is 22.6. The number of carbonyl (C=O) groups excluding carboxylic acids is 1. The van der Waals surface area contributed by atoms with Crippen molar-refractivity contribution in [2.24, 2.45) is 9.98 Å². The normalized spacial score (nSPS) is 12.6. The van der Waals surface area contributed by atoms with E-state index in [0.717, 1.165) is 29.1 Å². The minimum atomic E-state index is 0.117. The average Bonchev–Trinajstić information content (AvgIpc) is 2.77. The van der Waals surface area contributed by atoms with Gasteiger partial charge in [-0.2, -0.15) is 0 Å². The highest BCUT2D eigenvalue weighted by molar-refractivity contribution is 6.06. The van der Waals surface area contributed by atoms with E-state index in [2.05, 4.69) is 39.7 Å². The molecule has 0 saturated carbocycles. The molecule has 6 heteroatoms. The van der Waals surface area contributed by atoms with Crippen LogP contribution >= 0.6 is 0 Å². The number of para-hydroxylation sites is 1. The lowest BCUT2D eigenvalue weighted by Gasteiger charge is -2.15. The molecule has 0 atom stereocenters. The summed E-state index contributed by atoms with van der Waals surface area (Å²) in [4.78, 5) is 20.3. The lowest BCUT2D eigenvalue weighted by molar-refractivity contribution is -0.116. The molecule has 0 heterocycles. The van der Waals surface area contributed by atoms with Crippen molar-refractivity contribution < 1.29 is 9.90 Å². The van der Waals surface area contributed by atoms with Gasteiger partial charge in [0.2, 0.25) is 0 Å². The highest BCUT2D eigenvalue weighted by atomic mass is 16.3. The smallest absolute Gasteiger partial charge is 0.154 e. The Morgan fingerprint density at radius 3 is 2.42 bits per heavy atom. The number of Topliss-reactive ketones (excluding diaryl/α,β-unsaturated/α-hetero) is 1. The Kier molecular flexibility index (Phi) is 9.49. The second-order valence-electron chi connectivity index (χ2n) is 7.29. The van der Waals surface area contributed by atoms with Crippen molar-refractivity contribution in [1.29, 1.82) is 0 Å². The van der Waals surface area contributed by atoms with Gasteiger partial charge in [-0.1, -0.05) is 31.2 Å². The van der Waals surface area contributed by atoms with E-state index in [-0.39, 0.29) is 11.5 Å². The third-order valence-electron chi connectivity index (χ3n) is 4.71. The maximum absolute atomic E-state index is 11.5. The van der Waals surface area contributed by atoms with Gasteiger partial charge in [0.05, 0.1) is 13.1 Å². The summed E-state index contributed by atoms with van der Waals surface area (Å²) >= 11 is 0. The predicted octanol–water partition coefficient (Wildman–Crippen LogP) is 4.36. The number of nitrogens with zero attached hydrogens (tertiary/aromatic N) is 2. The van der Waals surface area contributed by atoms with E-state index in [1.165, 1.54) is 5.56 Å². The minimum Gasteiger partial charge on any atom is -0.508 e. The molecule has 0 saturated heterocycles. The van der Waals surface area contributed by atoms with Crippen molar-refractivity contribution in [2.75, 3.05) is 25.5 Å². The monoisotopic (exact) mass is 420 g/mol. The topological polar surface area (TPSA) is 86.1 Å². The molecule has 3 N–H and O–H groups in total. The molecule has 0 aliphatic carbocycles. The first-order chi connectivity index (χ1) is 14.9. The number of anilines is 1. The number of hydrogen-bond donors (Lipinski definition) is 3. The molecule has 2 aromatic carbocycles. The molecule has 0 fully saturated rings. The van der Waals surface area contributed by atoms with Crippen LogP contribution in [-0.4, -0.2) is 42.6 Å². The van der Waals surface area contributed by atoms with E-state index < -0.39 is 0 Å². The number of amidine groups is 1. The van der Waals surface area contributed by atoms with Gasteiger partial charge in [-0.15, -0.1) is 0 Å². The second kappa shape index (κ2) is 12.3. The van der Waals surface area contributed by atoms with Gasteiger partial charge >= 0.3 is 0 Å². The number of aliphatic imine (C=N–C) groups is 2. The van der Waals surface area contributed by atoms with Crippen molar-refractivity contribution in [3.63, 3.8) is 0 Å². The van der Waals surface area contributed by atoms with Gasteiger partial charge in [-0.3, -0.25) is 9.79 Å². The number of ketones is 1. The molecule has 0 aliphatic heterocycles. The highest BCUT2D eigenvalue weighted by Gasteiger charge is 2.05. The standard InChI is InChI=1S/C25H32N4O2/c1-5-20-8-6-7-9-24(20)28-17-22(13-10-19(3)30)27-16-18(2)29-25(26-4)21-11-14-23(31)15-12-21/h6-9,11-15,27-28,31H,5,10,16-17H2,1-4H3/b22-13-,26-25?,29-18?. The van der Waals surface area contributed by atoms with E-state index in [9.17, 15) is 9.90 Å². The molecule has 31 heavy (non-hydrogen) atoms. The summed E-state index contributed by atoms with van der Waals surface area (Å²) in [5.74, 6) is 0.925. The van der Waals surface area contributed by atoms with Crippen LogP contribution in [0, 0.1) is 0 Å². The SMILES string of the molecule is CCc1ccccc1NC/C(=C/CC(C)=O)NCC(C)=NC(=NC)c1ccc(O)cc1. The first-order valence-corrected chi connectivity index (χ1v) is 10.5. The van der Waals surface area contributed by atoms with E-state index >= 15 is 0 Å². The third kappa shape index (κ3) is 8.09. The zero-order valence-corrected chi connectivity index (χ0v) is 18.8. The molecule has 0 spiro atoms. The fourth-order valence-electron chi connectivity index (χ4n) is 2.98. The molecule has 0 amide bonds. The van der Waals surface area contributed by atoms with Gasteiger partial charge in [0.15, 0.2) is 5.84 Å². The molecule has 164 valence electrons. The molecule has 2 rings (SSSR count). The molecule has 0 radical (unpaired) electrons. The summed E-state index contributed by atoms with van der Waals surface area (Å²) in [6.45, 7) is 6.76. The number of phenolic OH excluding ortho intramolecular Hbond substituents is 1. The Morgan fingerprint density at radius 1 is 1.06 bits per heavy atom. The second-order valence-corrected chi connectivity index (χ2v) is 7.29. The number of aromatic hydroxyl groups is 1. The van der Waals surface area contributed by atoms with E-state index in [0.29, 0.717) is 25.3 Å². The highest BCUT2D eigenvalue weighted by Crippen LogP contribution is 2.15. The summed E-state index contributed by atoms with van der Waals surface area (Å²) < 4.78 is 0. The third-order valence-corrected chi connectivity index (χ3v) is 4.71. The van der Waals surface area contributed by atoms with Crippen LogP contribution in [-0.2, 0) is 11.2 Å². The summed E-state index contributed by atoms with van der Waals surface area (Å²) in [7, 11) is 1.69. The van der Waals surface area contributed by atoms with Crippen LogP contribution in [0.15, 0.2) is 70.3 Å². The number of aryl methyl sites for hydroxylation is 1. The van der Waals surface area contributed by atoms with Crippen molar-refractivity contribution in [1.82, 2.24) is 5.32 Å². The van der Waals surface area contributed by atoms with Gasteiger partial charge in [0.1, 0.15) is 11.5 Å². The fourth-order valence-corrected chi connectivity index (χ4v) is 2.98. The van der Waals surface area contributed by atoms with Gasteiger partial charge in [-0.05, 0) is 56.2 Å². The molecule has 0 unspecified atom stereocenters. The number of rotatable bonds is 10. The van der Waals surface area contributed by atoms with Crippen molar-refractivity contribution in [3.8, 4) is 5.75 Å². The van der Waals surface area contributed by atoms with Crippen LogP contribution in [0.25, 0.3) is 0 Å². The van der Waals surface area contributed by atoms with E-state index in [1.54, 1.807) is 38.2 Å². The first kappa shape index (κ1) is 23.9. The van der Waals surface area contributed by atoms with Gasteiger partial charge in [0.25, 0.3) is 0 Å². The van der Waals surface area contributed by atoms with Crippen LogP contribution in [0.3, 0.4) is 0 Å². The molecule has 6 nitrogen and oxygen atoms in total. The Bertz CT molecular complexity index is 960. The fraction of sp³-hybridized carbons (Fsp3) is 0.320. The molecular weight excluding hydrogens is 388 g/mol. The van der Waals surface area contributed by atoms with Crippen molar-refractivity contribution in [2.45, 2.75) is 33.6 Å². The average molecular weight is 421 g/mol. The number of carbonyl (C=O) groups is 1. The maximum atomic E-state index is 11.5. The lowest BCUT2D eigenvalue weighted by Crippen LogP contribution is -2.26. The van der Waals surface area contributed by atoms with Crippen LogP contribution < -0.4 is 10.6 Å². The number of hydrogen-bond acceptors (Lipinski definition) is 5. The van der Waals surface area contributed by atoms with E-state index in [1.807, 2.05) is 25.1 Å². The van der Waals surface area contributed by atoms with Crippen LogP contribution in [0.4, 0.5) is 5.69 Å². The van der Waals surface area contributed by atoms with Gasteiger partial charge in [0, 0.05) is 36.1 Å². The quantitative estimate of drug-likeness (QED) is 0.394. The summed E-state index contributed by atoms with van der Waals surface area (Å²) in [5.41, 5.74) is 4.99. The molecule has 0 bridgehead atoms. The van der Waals surface area contributed by atoms with Crippen molar-refractivity contribution in [3.05, 3.63) is 71.4 Å².